The van der Waals surface area contributed by atoms with Crippen LogP contribution >= 0.6 is 0 Å². The van der Waals surface area contributed by atoms with Crippen molar-refractivity contribution in [2.75, 3.05) is 11.9 Å². The third kappa shape index (κ3) is 4.13. The zero-order valence-electron chi connectivity index (χ0n) is 18.4. The molecule has 3 N–H and O–H groups in total. The number of anilines is 1. The van der Waals surface area contributed by atoms with Crippen molar-refractivity contribution in [1.82, 2.24) is 9.80 Å². The first kappa shape index (κ1) is 23.1. The molecular weight excluding hydrogens is 442 g/mol. The Hall–Kier alpha value is -4.12. The molecule has 11 nitrogen and oxygen atoms in total. The zero-order chi connectivity index (χ0) is 24.6. The standard InChI is InChI=1S/C23H23N5O6/c1-13(27-22(31)16-7-3-8-17(28(33)34)19(16)23(27)32)21(30)25-15-6-2-5-14(11-15)12-26-10-4-9-18(26)20(24)29/h2-3,5-8,11,13,18H,4,9-10,12H2,1H3,(H2,24,29)(H,25,30). The van der Waals surface area contributed by atoms with Gasteiger partial charge in [-0.2, -0.15) is 0 Å². The lowest BCUT2D eigenvalue weighted by Gasteiger charge is -2.23. The molecule has 0 saturated carbocycles. The predicted octanol–water partition coefficient (Wildman–Crippen LogP) is 1.67. The summed E-state index contributed by atoms with van der Waals surface area (Å²) in [5, 5.41) is 14.0. The number of nitrogens with zero attached hydrogens (tertiary/aromatic N) is 3. The lowest BCUT2D eigenvalue weighted by molar-refractivity contribution is -0.385. The van der Waals surface area contributed by atoms with Crippen molar-refractivity contribution in [3.8, 4) is 0 Å². The number of nitrogens with one attached hydrogen (secondary N) is 1. The maximum absolute atomic E-state index is 12.9. The van der Waals surface area contributed by atoms with Gasteiger partial charge in [0.25, 0.3) is 17.5 Å². The van der Waals surface area contributed by atoms with E-state index in [2.05, 4.69) is 5.32 Å². The van der Waals surface area contributed by atoms with Gasteiger partial charge in [0.15, 0.2) is 0 Å². The van der Waals surface area contributed by atoms with Crippen LogP contribution in [0, 0.1) is 10.1 Å². The molecule has 0 radical (unpaired) electrons. The number of amides is 4. The number of fused-ring (bicyclic) bond motifs is 1. The number of rotatable bonds is 7. The highest BCUT2D eigenvalue weighted by atomic mass is 16.6. The molecule has 0 spiro atoms. The van der Waals surface area contributed by atoms with E-state index < -0.39 is 34.4 Å². The Morgan fingerprint density at radius 1 is 1.21 bits per heavy atom. The maximum atomic E-state index is 12.9. The van der Waals surface area contributed by atoms with Gasteiger partial charge in [0.2, 0.25) is 11.8 Å². The van der Waals surface area contributed by atoms with Gasteiger partial charge in [0.05, 0.1) is 16.5 Å². The Kier molecular flexibility index (Phi) is 6.12. The molecule has 2 unspecified atom stereocenters. The molecule has 0 aromatic heterocycles. The molecule has 1 saturated heterocycles. The Bertz CT molecular complexity index is 1210. The van der Waals surface area contributed by atoms with Crippen molar-refractivity contribution >= 4 is 35.0 Å². The van der Waals surface area contributed by atoms with E-state index in [-0.39, 0.29) is 23.1 Å². The number of carbonyl (C=O) groups excluding carboxylic acids is 4. The average molecular weight is 465 g/mol. The summed E-state index contributed by atoms with van der Waals surface area (Å²) in [6.07, 6.45) is 1.59. The van der Waals surface area contributed by atoms with Crippen LogP contribution in [0.3, 0.4) is 0 Å². The Morgan fingerprint density at radius 3 is 2.65 bits per heavy atom. The molecule has 2 aliphatic rings. The summed E-state index contributed by atoms with van der Waals surface area (Å²) in [5.41, 5.74) is 5.89. The Balaban J connectivity index is 1.48. The number of nitrogens with two attached hydrogens (primary N) is 1. The zero-order valence-corrected chi connectivity index (χ0v) is 18.4. The average Bonchev–Trinajstić information content (AvgIpc) is 3.36. The molecule has 176 valence electrons. The molecule has 2 aromatic carbocycles. The molecule has 0 bridgehead atoms. The number of hydrogen-bond acceptors (Lipinski definition) is 7. The Labute approximate surface area is 194 Å². The van der Waals surface area contributed by atoms with Crippen LogP contribution in [-0.4, -0.2) is 57.0 Å². The van der Waals surface area contributed by atoms with Crippen molar-refractivity contribution in [2.45, 2.75) is 38.4 Å². The molecule has 4 amide bonds. The second-order valence-electron chi connectivity index (χ2n) is 8.33. The maximum Gasteiger partial charge on any atom is 0.282 e. The summed E-state index contributed by atoms with van der Waals surface area (Å²) in [4.78, 5) is 63.4. The normalized spacial score (nSPS) is 18.6. The van der Waals surface area contributed by atoms with Crippen molar-refractivity contribution in [3.05, 3.63) is 69.3 Å². The fourth-order valence-corrected chi connectivity index (χ4v) is 4.47. The minimum absolute atomic E-state index is 0.101. The first-order chi connectivity index (χ1) is 16.2. The molecule has 2 atom stereocenters. The van der Waals surface area contributed by atoms with Crippen LogP contribution in [0.15, 0.2) is 42.5 Å². The van der Waals surface area contributed by atoms with Crippen LogP contribution in [0.1, 0.15) is 46.0 Å². The predicted molar refractivity (Wildman–Crippen MR) is 121 cm³/mol. The molecule has 2 aliphatic heterocycles. The summed E-state index contributed by atoms with van der Waals surface area (Å²) in [5.74, 6) is -2.62. The van der Waals surface area contributed by atoms with Gasteiger partial charge in [-0.15, -0.1) is 0 Å². The molecule has 2 heterocycles. The van der Waals surface area contributed by atoms with E-state index in [1.165, 1.54) is 19.1 Å². The Morgan fingerprint density at radius 2 is 1.94 bits per heavy atom. The highest BCUT2D eigenvalue weighted by Crippen LogP contribution is 2.32. The van der Waals surface area contributed by atoms with Crippen molar-refractivity contribution in [2.24, 2.45) is 5.73 Å². The minimum Gasteiger partial charge on any atom is -0.368 e. The summed E-state index contributed by atoms with van der Waals surface area (Å²) in [6, 6.07) is 9.29. The van der Waals surface area contributed by atoms with Gasteiger partial charge in [-0.05, 0) is 50.1 Å². The second kappa shape index (κ2) is 9.02. The van der Waals surface area contributed by atoms with Crippen molar-refractivity contribution in [3.63, 3.8) is 0 Å². The van der Waals surface area contributed by atoms with E-state index in [0.29, 0.717) is 18.7 Å². The minimum atomic E-state index is -1.20. The first-order valence-electron chi connectivity index (χ1n) is 10.8. The fraction of sp³-hybridized carbons (Fsp3) is 0.304. The van der Waals surface area contributed by atoms with Gasteiger partial charge >= 0.3 is 0 Å². The number of imide groups is 1. The van der Waals surface area contributed by atoms with Gasteiger partial charge in [-0.3, -0.25) is 39.1 Å². The number of hydrogen-bond donors (Lipinski definition) is 2. The number of nitro benzene ring substituents is 1. The van der Waals surface area contributed by atoms with Crippen molar-refractivity contribution < 1.29 is 24.1 Å². The third-order valence-electron chi connectivity index (χ3n) is 6.16. The van der Waals surface area contributed by atoms with Gasteiger partial charge < -0.3 is 11.1 Å². The largest absolute Gasteiger partial charge is 0.368 e. The molecule has 1 fully saturated rings. The van der Waals surface area contributed by atoms with Gasteiger partial charge in [0, 0.05) is 18.3 Å². The summed E-state index contributed by atoms with van der Waals surface area (Å²) >= 11 is 0. The van der Waals surface area contributed by atoms with E-state index in [4.69, 9.17) is 5.73 Å². The molecule has 4 rings (SSSR count). The smallest absolute Gasteiger partial charge is 0.282 e. The lowest BCUT2D eigenvalue weighted by atomic mass is 10.1. The van der Waals surface area contributed by atoms with Crippen LogP contribution in [-0.2, 0) is 16.1 Å². The van der Waals surface area contributed by atoms with E-state index in [0.717, 1.165) is 29.5 Å². The van der Waals surface area contributed by atoms with E-state index in [1.807, 2.05) is 11.0 Å². The van der Waals surface area contributed by atoms with Crippen LogP contribution in [0.2, 0.25) is 0 Å². The van der Waals surface area contributed by atoms with Crippen LogP contribution in [0.4, 0.5) is 11.4 Å². The summed E-state index contributed by atoms with van der Waals surface area (Å²) in [7, 11) is 0. The SMILES string of the molecule is CC(C(=O)Nc1cccc(CN2CCCC2C(N)=O)c1)N1C(=O)c2cccc([N+](=O)[O-])c2C1=O. The molecule has 11 heteroatoms. The van der Waals surface area contributed by atoms with Crippen LogP contribution in [0.5, 0.6) is 0 Å². The number of carbonyl (C=O) groups is 4. The van der Waals surface area contributed by atoms with Crippen molar-refractivity contribution in [1.29, 1.82) is 0 Å². The van der Waals surface area contributed by atoms with Gasteiger partial charge in [-0.1, -0.05) is 18.2 Å². The highest BCUT2D eigenvalue weighted by Gasteiger charge is 2.44. The molecular formula is C23H23N5O6. The van der Waals surface area contributed by atoms with E-state index in [1.54, 1.807) is 18.2 Å². The fourth-order valence-electron chi connectivity index (χ4n) is 4.47. The van der Waals surface area contributed by atoms with E-state index in [9.17, 15) is 29.3 Å². The van der Waals surface area contributed by atoms with E-state index >= 15 is 0 Å². The first-order valence-corrected chi connectivity index (χ1v) is 10.8. The quantitative estimate of drug-likeness (QED) is 0.358. The lowest BCUT2D eigenvalue weighted by Crippen LogP contribution is -2.45. The number of benzene rings is 2. The molecule has 34 heavy (non-hydrogen) atoms. The summed E-state index contributed by atoms with van der Waals surface area (Å²) < 4.78 is 0. The topological polar surface area (TPSA) is 156 Å². The second-order valence-corrected chi connectivity index (χ2v) is 8.33. The highest BCUT2D eigenvalue weighted by molar-refractivity contribution is 6.24. The third-order valence-corrected chi connectivity index (χ3v) is 6.16. The van der Waals surface area contributed by atoms with Crippen LogP contribution in [0.25, 0.3) is 0 Å². The summed E-state index contributed by atoms with van der Waals surface area (Å²) in [6.45, 7) is 2.61. The van der Waals surface area contributed by atoms with Gasteiger partial charge in [-0.25, -0.2) is 0 Å². The number of nitro groups is 1. The number of likely N-dealkylation sites (tertiary alicyclic amines) is 1. The van der Waals surface area contributed by atoms with Crippen LogP contribution < -0.4 is 11.1 Å². The molecule has 2 aromatic rings. The number of primary amides is 1. The molecule has 0 aliphatic carbocycles. The monoisotopic (exact) mass is 465 g/mol. The van der Waals surface area contributed by atoms with Gasteiger partial charge in [0.1, 0.15) is 11.6 Å².